The van der Waals surface area contributed by atoms with Gasteiger partial charge in [0.2, 0.25) is 0 Å². The Hall–Kier alpha value is -1.03. The maximum atomic E-state index is 11.1. The van der Waals surface area contributed by atoms with Crippen LogP contribution in [0.4, 0.5) is 10.7 Å². The first-order valence-corrected chi connectivity index (χ1v) is 5.11. The Morgan fingerprint density at radius 3 is 2.85 bits per heavy atom. The molecule has 0 saturated carbocycles. The van der Waals surface area contributed by atoms with Crippen LogP contribution in [-0.4, -0.2) is 12.3 Å². The van der Waals surface area contributed by atoms with Gasteiger partial charge in [-0.15, -0.1) is 11.3 Å². The van der Waals surface area contributed by atoms with Crippen molar-refractivity contribution in [3.63, 3.8) is 0 Å². The van der Waals surface area contributed by atoms with Crippen molar-refractivity contribution < 1.29 is 4.79 Å². The van der Waals surface area contributed by atoms with Crippen LogP contribution in [0.3, 0.4) is 0 Å². The van der Waals surface area contributed by atoms with E-state index in [2.05, 4.69) is 12.2 Å². The van der Waals surface area contributed by atoms with Gasteiger partial charge in [0.15, 0.2) is 5.78 Å². The van der Waals surface area contributed by atoms with Crippen molar-refractivity contribution in [2.24, 2.45) is 0 Å². The van der Waals surface area contributed by atoms with Crippen molar-refractivity contribution in [3.8, 4) is 0 Å². The summed E-state index contributed by atoms with van der Waals surface area (Å²) in [4.78, 5) is 11.7. The van der Waals surface area contributed by atoms with Crippen LogP contribution in [0.5, 0.6) is 0 Å². The van der Waals surface area contributed by atoms with E-state index in [4.69, 9.17) is 5.73 Å². The average Bonchev–Trinajstić information content (AvgIpc) is 2.43. The van der Waals surface area contributed by atoms with Crippen LogP contribution < -0.4 is 11.1 Å². The Kier molecular flexibility index (Phi) is 3.31. The molecule has 13 heavy (non-hydrogen) atoms. The van der Waals surface area contributed by atoms with Gasteiger partial charge in [-0.1, -0.05) is 6.92 Å². The number of rotatable bonds is 4. The molecule has 0 radical (unpaired) electrons. The van der Waals surface area contributed by atoms with E-state index in [0.29, 0.717) is 10.6 Å². The first kappa shape index (κ1) is 10.1. The SMILES string of the molecule is CCCNc1cc(N)c(C(C)=O)s1. The Morgan fingerprint density at radius 2 is 2.38 bits per heavy atom. The second kappa shape index (κ2) is 4.28. The first-order valence-electron chi connectivity index (χ1n) is 4.29. The fraction of sp³-hybridized carbons (Fsp3) is 0.444. The number of nitrogen functional groups attached to an aromatic ring is 1. The van der Waals surface area contributed by atoms with E-state index in [9.17, 15) is 4.79 Å². The second-order valence-corrected chi connectivity index (χ2v) is 3.93. The highest BCUT2D eigenvalue weighted by atomic mass is 32.1. The number of hydrogen-bond acceptors (Lipinski definition) is 4. The van der Waals surface area contributed by atoms with E-state index >= 15 is 0 Å². The maximum absolute atomic E-state index is 11.1. The van der Waals surface area contributed by atoms with Crippen LogP contribution in [0.25, 0.3) is 0 Å². The number of ketones is 1. The van der Waals surface area contributed by atoms with Gasteiger partial charge in [-0.3, -0.25) is 4.79 Å². The molecule has 0 spiro atoms. The minimum absolute atomic E-state index is 0.0343. The van der Waals surface area contributed by atoms with Crippen LogP contribution in [0.15, 0.2) is 6.07 Å². The van der Waals surface area contributed by atoms with Crippen LogP contribution in [0.2, 0.25) is 0 Å². The number of hydrogen-bond donors (Lipinski definition) is 2. The zero-order valence-corrected chi connectivity index (χ0v) is 8.70. The fourth-order valence-electron chi connectivity index (χ4n) is 1.02. The highest BCUT2D eigenvalue weighted by Gasteiger charge is 2.09. The third-order valence-electron chi connectivity index (χ3n) is 1.63. The highest BCUT2D eigenvalue weighted by Crippen LogP contribution is 2.29. The van der Waals surface area contributed by atoms with E-state index in [1.54, 1.807) is 0 Å². The molecule has 4 heteroatoms. The molecule has 0 aromatic carbocycles. The summed E-state index contributed by atoms with van der Waals surface area (Å²) >= 11 is 1.42. The fourth-order valence-corrected chi connectivity index (χ4v) is 1.92. The topological polar surface area (TPSA) is 55.1 Å². The largest absolute Gasteiger partial charge is 0.397 e. The predicted octanol–water partition coefficient (Wildman–Crippen LogP) is 2.35. The quantitative estimate of drug-likeness (QED) is 0.730. The molecule has 1 heterocycles. The summed E-state index contributed by atoms with van der Waals surface area (Å²) in [7, 11) is 0. The summed E-state index contributed by atoms with van der Waals surface area (Å²) in [5, 5.41) is 4.17. The Balaban J connectivity index is 2.76. The lowest BCUT2D eigenvalue weighted by Crippen LogP contribution is -1.96. The molecule has 0 atom stereocenters. The standard InChI is InChI=1S/C9H14N2OS/c1-3-4-11-8-5-7(10)9(13-8)6(2)12/h5,11H,3-4,10H2,1-2H3. The molecule has 0 amide bonds. The smallest absolute Gasteiger partial charge is 0.171 e. The number of anilines is 2. The third kappa shape index (κ3) is 2.45. The molecular weight excluding hydrogens is 184 g/mol. The van der Waals surface area contributed by atoms with E-state index in [-0.39, 0.29) is 5.78 Å². The van der Waals surface area contributed by atoms with Gasteiger partial charge in [-0.2, -0.15) is 0 Å². The van der Waals surface area contributed by atoms with E-state index in [1.165, 1.54) is 18.3 Å². The minimum Gasteiger partial charge on any atom is -0.397 e. The molecule has 0 aliphatic carbocycles. The number of nitrogens with one attached hydrogen (secondary N) is 1. The summed E-state index contributed by atoms with van der Waals surface area (Å²) in [5.74, 6) is 0.0343. The average molecular weight is 198 g/mol. The third-order valence-corrected chi connectivity index (χ3v) is 2.84. The van der Waals surface area contributed by atoms with Gasteiger partial charge in [0.25, 0.3) is 0 Å². The molecule has 72 valence electrons. The Morgan fingerprint density at radius 1 is 1.69 bits per heavy atom. The summed E-state index contributed by atoms with van der Waals surface area (Å²) < 4.78 is 0. The molecule has 1 aromatic heterocycles. The number of thiophene rings is 1. The molecule has 0 saturated heterocycles. The van der Waals surface area contributed by atoms with Crippen molar-refractivity contribution in [3.05, 3.63) is 10.9 Å². The zero-order chi connectivity index (χ0) is 9.84. The number of carbonyl (C=O) groups is 1. The minimum atomic E-state index is 0.0343. The molecule has 0 fully saturated rings. The van der Waals surface area contributed by atoms with Crippen molar-refractivity contribution in [1.82, 2.24) is 0 Å². The molecule has 0 aliphatic rings. The number of Topliss-reactive ketones (excluding diaryl/α,β-unsaturated/α-hetero) is 1. The van der Waals surface area contributed by atoms with Gasteiger partial charge < -0.3 is 11.1 Å². The van der Waals surface area contributed by atoms with Crippen LogP contribution in [-0.2, 0) is 0 Å². The predicted molar refractivity (Wildman–Crippen MR) is 57.5 cm³/mol. The van der Waals surface area contributed by atoms with Crippen LogP contribution in [0, 0.1) is 0 Å². The van der Waals surface area contributed by atoms with Gasteiger partial charge in [0.05, 0.1) is 15.6 Å². The first-order chi connectivity index (χ1) is 6.15. The Bertz CT molecular complexity index is 307. The molecule has 3 nitrogen and oxygen atoms in total. The lowest BCUT2D eigenvalue weighted by molar-refractivity contribution is 0.102. The monoisotopic (exact) mass is 198 g/mol. The van der Waals surface area contributed by atoms with Gasteiger partial charge in [-0.25, -0.2) is 0 Å². The van der Waals surface area contributed by atoms with Gasteiger partial charge in [0, 0.05) is 13.5 Å². The normalized spacial score (nSPS) is 10.0. The lowest BCUT2D eigenvalue weighted by Gasteiger charge is -1.97. The molecule has 1 aromatic rings. The van der Waals surface area contributed by atoms with Gasteiger partial charge in [0.1, 0.15) is 0 Å². The van der Waals surface area contributed by atoms with Gasteiger partial charge in [-0.05, 0) is 12.5 Å². The number of carbonyl (C=O) groups excluding carboxylic acids is 1. The molecule has 0 unspecified atom stereocenters. The highest BCUT2D eigenvalue weighted by molar-refractivity contribution is 7.18. The van der Waals surface area contributed by atoms with Crippen molar-refractivity contribution in [2.75, 3.05) is 17.6 Å². The van der Waals surface area contributed by atoms with Crippen molar-refractivity contribution in [1.29, 1.82) is 0 Å². The summed E-state index contributed by atoms with van der Waals surface area (Å²) in [6.45, 7) is 4.54. The second-order valence-electron chi connectivity index (χ2n) is 2.88. The van der Waals surface area contributed by atoms with E-state index in [0.717, 1.165) is 18.0 Å². The zero-order valence-electron chi connectivity index (χ0n) is 7.89. The van der Waals surface area contributed by atoms with Gasteiger partial charge >= 0.3 is 0 Å². The number of nitrogens with two attached hydrogens (primary N) is 1. The summed E-state index contributed by atoms with van der Waals surface area (Å²) in [6, 6.07) is 1.82. The van der Waals surface area contributed by atoms with Crippen LogP contribution >= 0.6 is 11.3 Å². The lowest BCUT2D eigenvalue weighted by atomic mass is 10.3. The van der Waals surface area contributed by atoms with Crippen LogP contribution in [0.1, 0.15) is 29.9 Å². The molecule has 0 aliphatic heterocycles. The maximum Gasteiger partial charge on any atom is 0.171 e. The molecule has 0 bridgehead atoms. The Labute approximate surface area is 81.9 Å². The van der Waals surface area contributed by atoms with E-state index in [1.807, 2.05) is 6.07 Å². The molecule has 3 N–H and O–H groups in total. The molecular formula is C9H14N2OS. The molecule has 1 rings (SSSR count). The van der Waals surface area contributed by atoms with Crippen molar-refractivity contribution in [2.45, 2.75) is 20.3 Å². The summed E-state index contributed by atoms with van der Waals surface area (Å²) in [5.41, 5.74) is 6.24. The van der Waals surface area contributed by atoms with E-state index < -0.39 is 0 Å². The van der Waals surface area contributed by atoms with Crippen molar-refractivity contribution >= 4 is 27.8 Å². The summed E-state index contributed by atoms with van der Waals surface area (Å²) in [6.07, 6.45) is 1.06.